The van der Waals surface area contributed by atoms with Gasteiger partial charge in [-0.25, -0.2) is 0 Å². The lowest BCUT2D eigenvalue weighted by molar-refractivity contribution is -0.110. The van der Waals surface area contributed by atoms with Crippen LogP contribution in [0.1, 0.15) is 12.8 Å². The van der Waals surface area contributed by atoms with Crippen LogP contribution >= 0.6 is 0 Å². The summed E-state index contributed by atoms with van der Waals surface area (Å²) < 4.78 is 0. The van der Waals surface area contributed by atoms with Crippen LogP contribution in [0.5, 0.6) is 0 Å². The van der Waals surface area contributed by atoms with Gasteiger partial charge in [0.05, 0.1) is 6.04 Å². The van der Waals surface area contributed by atoms with Crippen molar-refractivity contribution >= 4 is 6.29 Å². The van der Waals surface area contributed by atoms with E-state index in [1.54, 1.807) is 6.20 Å². The van der Waals surface area contributed by atoms with Crippen molar-refractivity contribution in [3.8, 4) is 0 Å². The molecular formula is C7H11NO. The van der Waals surface area contributed by atoms with Gasteiger partial charge in [0.2, 0.25) is 0 Å². The highest BCUT2D eigenvalue weighted by Crippen LogP contribution is 2.14. The van der Waals surface area contributed by atoms with E-state index in [0.717, 1.165) is 25.7 Å². The highest BCUT2D eigenvalue weighted by molar-refractivity contribution is 5.58. The Labute approximate surface area is 55.2 Å². The molecule has 0 saturated carbocycles. The zero-order valence-electron chi connectivity index (χ0n) is 5.42. The Balaban J connectivity index is 2.50. The molecule has 2 heteroatoms. The van der Waals surface area contributed by atoms with Crippen LogP contribution in [0.15, 0.2) is 12.8 Å². The molecule has 0 spiro atoms. The Bertz CT molecular complexity index is 108. The largest absolute Gasteiger partial charge is 0.368 e. The maximum Gasteiger partial charge on any atom is 0.142 e. The number of likely N-dealkylation sites (tertiary alicyclic amines) is 1. The summed E-state index contributed by atoms with van der Waals surface area (Å²) in [6.45, 7) is 4.60. The minimum absolute atomic E-state index is 0.113. The van der Waals surface area contributed by atoms with Gasteiger partial charge < -0.3 is 9.69 Å². The summed E-state index contributed by atoms with van der Waals surface area (Å²) >= 11 is 0. The van der Waals surface area contributed by atoms with Gasteiger partial charge in [0.15, 0.2) is 0 Å². The van der Waals surface area contributed by atoms with Crippen LogP contribution in [-0.4, -0.2) is 23.8 Å². The molecule has 1 saturated heterocycles. The average molecular weight is 125 g/mol. The highest BCUT2D eigenvalue weighted by atomic mass is 16.1. The molecule has 1 fully saturated rings. The van der Waals surface area contributed by atoms with E-state index < -0.39 is 0 Å². The number of nitrogens with zero attached hydrogens (tertiary/aromatic N) is 1. The standard InChI is InChI=1S/C7H11NO/c1-2-8-5-3-4-7(8)6-9/h2,6-7H,1,3-5H2. The smallest absolute Gasteiger partial charge is 0.142 e. The molecule has 0 bridgehead atoms. The average Bonchev–Trinajstić information content (AvgIpc) is 2.33. The predicted molar refractivity (Wildman–Crippen MR) is 36.0 cm³/mol. The van der Waals surface area contributed by atoms with Gasteiger partial charge >= 0.3 is 0 Å². The Hall–Kier alpha value is -0.790. The van der Waals surface area contributed by atoms with Gasteiger partial charge in [-0.15, -0.1) is 0 Å². The molecule has 0 aromatic carbocycles. The number of carbonyl (C=O) groups is 1. The van der Waals surface area contributed by atoms with E-state index in [0.29, 0.717) is 0 Å². The van der Waals surface area contributed by atoms with Crippen molar-refractivity contribution in [1.82, 2.24) is 4.90 Å². The number of hydrogen-bond donors (Lipinski definition) is 0. The van der Waals surface area contributed by atoms with E-state index in [4.69, 9.17) is 0 Å². The van der Waals surface area contributed by atoms with Crippen molar-refractivity contribution in [2.24, 2.45) is 0 Å². The maximum absolute atomic E-state index is 10.3. The maximum atomic E-state index is 10.3. The number of rotatable bonds is 2. The third-order valence-corrected chi connectivity index (χ3v) is 1.73. The first kappa shape index (κ1) is 6.33. The summed E-state index contributed by atoms with van der Waals surface area (Å²) in [7, 11) is 0. The summed E-state index contributed by atoms with van der Waals surface area (Å²) in [6, 6.07) is 0.113. The Morgan fingerprint density at radius 3 is 2.89 bits per heavy atom. The van der Waals surface area contributed by atoms with Crippen LogP contribution in [0.3, 0.4) is 0 Å². The van der Waals surface area contributed by atoms with E-state index in [1.165, 1.54) is 0 Å². The van der Waals surface area contributed by atoms with E-state index in [-0.39, 0.29) is 6.04 Å². The van der Waals surface area contributed by atoms with Crippen molar-refractivity contribution in [3.63, 3.8) is 0 Å². The van der Waals surface area contributed by atoms with Crippen molar-refractivity contribution in [2.45, 2.75) is 18.9 Å². The first-order chi connectivity index (χ1) is 4.38. The SMILES string of the molecule is C=CN1CCCC1C=O. The Morgan fingerprint density at radius 1 is 1.67 bits per heavy atom. The number of aldehydes is 1. The molecule has 2 nitrogen and oxygen atoms in total. The van der Waals surface area contributed by atoms with Crippen molar-refractivity contribution in [3.05, 3.63) is 12.8 Å². The molecule has 0 amide bonds. The molecule has 1 unspecified atom stereocenters. The lowest BCUT2D eigenvalue weighted by Crippen LogP contribution is -2.24. The fourth-order valence-electron chi connectivity index (χ4n) is 1.19. The van der Waals surface area contributed by atoms with E-state index >= 15 is 0 Å². The van der Waals surface area contributed by atoms with Crippen LogP contribution in [-0.2, 0) is 4.79 Å². The van der Waals surface area contributed by atoms with Crippen LogP contribution < -0.4 is 0 Å². The van der Waals surface area contributed by atoms with Gasteiger partial charge in [0.25, 0.3) is 0 Å². The predicted octanol–water partition coefficient (Wildman–Crippen LogP) is 0.793. The molecular weight excluding hydrogens is 114 g/mol. The van der Waals surface area contributed by atoms with E-state index in [1.807, 2.05) is 4.90 Å². The second kappa shape index (κ2) is 2.67. The van der Waals surface area contributed by atoms with Crippen LogP contribution in [0.25, 0.3) is 0 Å². The first-order valence-electron chi connectivity index (χ1n) is 3.22. The molecule has 0 radical (unpaired) electrons. The zero-order valence-corrected chi connectivity index (χ0v) is 5.42. The molecule has 9 heavy (non-hydrogen) atoms. The first-order valence-corrected chi connectivity index (χ1v) is 3.22. The van der Waals surface area contributed by atoms with Gasteiger partial charge in [0, 0.05) is 6.54 Å². The second-order valence-electron chi connectivity index (χ2n) is 2.27. The lowest BCUT2D eigenvalue weighted by Gasteiger charge is -2.15. The van der Waals surface area contributed by atoms with E-state index in [2.05, 4.69) is 6.58 Å². The quantitative estimate of drug-likeness (QED) is 0.508. The van der Waals surface area contributed by atoms with Gasteiger partial charge in [-0.05, 0) is 19.0 Å². The Kier molecular flexibility index (Phi) is 1.88. The molecule has 1 aliphatic heterocycles. The summed E-state index contributed by atoms with van der Waals surface area (Å²) in [5, 5.41) is 0. The fourth-order valence-corrected chi connectivity index (χ4v) is 1.19. The van der Waals surface area contributed by atoms with Crippen LogP contribution in [0.2, 0.25) is 0 Å². The normalized spacial score (nSPS) is 26.2. The topological polar surface area (TPSA) is 20.3 Å². The summed E-state index contributed by atoms with van der Waals surface area (Å²) in [5.74, 6) is 0. The molecule has 1 atom stereocenters. The fraction of sp³-hybridized carbons (Fsp3) is 0.571. The van der Waals surface area contributed by atoms with Gasteiger partial charge in [0.1, 0.15) is 6.29 Å². The van der Waals surface area contributed by atoms with Gasteiger partial charge in [-0.3, -0.25) is 0 Å². The summed E-state index contributed by atoms with van der Waals surface area (Å²) in [5.41, 5.74) is 0. The van der Waals surface area contributed by atoms with Crippen molar-refractivity contribution < 1.29 is 4.79 Å². The molecule has 0 aromatic rings. The zero-order chi connectivity index (χ0) is 6.69. The minimum atomic E-state index is 0.113. The number of carbonyl (C=O) groups excluding carboxylic acids is 1. The second-order valence-corrected chi connectivity index (χ2v) is 2.27. The molecule has 1 rings (SSSR count). The molecule has 0 N–H and O–H groups in total. The van der Waals surface area contributed by atoms with Crippen LogP contribution in [0.4, 0.5) is 0 Å². The van der Waals surface area contributed by atoms with Gasteiger partial charge in [-0.2, -0.15) is 0 Å². The lowest BCUT2D eigenvalue weighted by atomic mass is 10.2. The summed E-state index contributed by atoms with van der Waals surface area (Å²) in [4.78, 5) is 12.3. The number of hydrogen-bond acceptors (Lipinski definition) is 2. The van der Waals surface area contributed by atoms with Crippen molar-refractivity contribution in [2.75, 3.05) is 6.54 Å². The monoisotopic (exact) mass is 125 g/mol. The highest BCUT2D eigenvalue weighted by Gasteiger charge is 2.19. The molecule has 50 valence electrons. The van der Waals surface area contributed by atoms with Crippen LogP contribution in [0, 0.1) is 0 Å². The van der Waals surface area contributed by atoms with Gasteiger partial charge in [-0.1, -0.05) is 6.58 Å². The minimum Gasteiger partial charge on any atom is -0.368 e. The van der Waals surface area contributed by atoms with E-state index in [9.17, 15) is 4.79 Å². The summed E-state index contributed by atoms with van der Waals surface area (Å²) in [6.07, 6.45) is 4.85. The molecule has 1 heterocycles. The Morgan fingerprint density at radius 2 is 2.44 bits per heavy atom. The molecule has 1 aliphatic rings. The molecule has 0 aromatic heterocycles. The molecule has 0 aliphatic carbocycles. The third kappa shape index (κ3) is 1.12. The van der Waals surface area contributed by atoms with Crippen molar-refractivity contribution in [1.29, 1.82) is 0 Å². The third-order valence-electron chi connectivity index (χ3n) is 1.73.